The van der Waals surface area contributed by atoms with Crippen LogP contribution in [0.15, 0.2) is 66.3 Å². The molecule has 212 valence electrons. The number of imidazole rings is 1. The third kappa shape index (κ3) is 7.04. The topological polar surface area (TPSA) is 77.8 Å². The van der Waals surface area contributed by atoms with Crippen molar-refractivity contribution in [2.45, 2.75) is 39.2 Å². The van der Waals surface area contributed by atoms with Crippen molar-refractivity contribution in [3.63, 3.8) is 0 Å². The second kappa shape index (κ2) is 14.0. The molecule has 8 nitrogen and oxygen atoms in total. The van der Waals surface area contributed by atoms with Gasteiger partial charge in [0.25, 0.3) is 0 Å². The van der Waals surface area contributed by atoms with E-state index in [1.807, 2.05) is 42.8 Å². The van der Waals surface area contributed by atoms with Gasteiger partial charge in [-0.25, -0.2) is 4.98 Å². The molecule has 1 atom stereocenters. The van der Waals surface area contributed by atoms with Gasteiger partial charge in [-0.05, 0) is 50.5 Å². The van der Waals surface area contributed by atoms with Gasteiger partial charge in [-0.2, -0.15) is 0 Å². The summed E-state index contributed by atoms with van der Waals surface area (Å²) in [5.74, 6) is 1.34. The van der Waals surface area contributed by atoms with Crippen LogP contribution in [0.1, 0.15) is 38.9 Å². The standard InChI is InChI=1S/C31H40ClN7O/c1-5-18-39(27-12-8-7-11-26(27)32)21-17-34-31(40)23(3)35-30-29(36-28(37(30)4)22-33-6-2)24-13-15-25(16-14-24)38-19-9-10-20-38/h6-8,11-16,22-23,35H,2,5,9-10,17-21H2,1,3-4H3,(H,34,40). The molecule has 3 aromatic rings. The fourth-order valence-electron chi connectivity index (χ4n) is 4.99. The lowest BCUT2D eigenvalue weighted by molar-refractivity contribution is -0.121. The van der Waals surface area contributed by atoms with E-state index in [9.17, 15) is 4.79 Å². The van der Waals surface area contributed by atoms with Gasteiger partial charge < -0.3 is 25.0 Å². The summed E-state index contributed by atoms with van der Waals surface area (Å²) in [6, 6.07) is 15.8. The van der Waals surface area contributed by atoms with E-state index in [2.05, 4.69) is 63.2 Å². The van der Waals surface area contributed by atoms with Crippen LogP contribution in [-0.2, 0) is 11.8 Å². The molecule has 1 amide bonds. The van der Waals surface area contributed by atoms with Gasteiger partial charge in [0, 0.05) is 57.2 Å². The zero-order valence-electron chi connectivity index (χ0n) is 23.7. The summed E-state index contributed by atoms with van der Waals surface area (Å²) >= 11 is 6.43. The molecule has 1 unspecified atom stereocenters. The van der Waals surface area contributed by atoms with E-state index in [0.717, 1.165) is 48.8 Å². The van der Waals surface area contributed by atoms with Crippen molar-refractivity contribution in [2.24, 2.45) is 12.0 Å². The number of benzene rings is 2. The molecule has 2 N–H and O–H groups in total. The Hall–Kier alpha value is -3.78. The fraction of sp³-hybridized carbons (Fsp3) is 0.387. The second-order valence-corrected chi connectivity index (χ2v) is 10.4. The summed E-state index contributed by atoms with van der Waals surface area (Å²) in [6.45, 7) is 11.9. The van der Waals surface area contributed by atoms with Crippen LogP contribution in [-0.4, -0.2) is 60.4 Å². The lowest BCUT2D eigenvalue weighted by atomic mass is 10.1. The molecular formula is C31H40ClN7O. The van der Waals surface area contributed by atoms with Crippen LogP contribution in [0.3, 0.4) is 0 Å². The molecule has 40 heavy (non-hydrogen) atoms. The molecule has 1 aliphatic heterocycles. The molecule has 4 rings (SSSR count). The first kappa shape index (κ1) is 29.2. The second-order valence-electron chi connectivity index (χ2n) is 10.0. The number of halogens is 1. The Kier molecular flexibility index (Phi) is 10.2. The Labute approximate surface area is 242 Å². The molecule has 0 bridgehead atoms. The number of hydrogen-bond donors (Lipinski definition) is 2. The number of rotatable bonds is 13. The van der Waals surface area contributed by atoms with Gasteiger partial charge in [0.1, 0.15) is 17.6 Å². The molecular weight excluding hydrogens is 522 g/mol. The molecule has 0 radical (unpaired) electrons. The highest BCUT2D eigenvalue weighted by Crippen LogP contribution is 2.31. The van der Waals surface area contributed by atoms with Gasteiger partial charge in [0.15, 0.2) is 5.82 Å². The lowest BCUT2D eigenvalue weighted by Crippen LogP contribution is -2.42. The number of nitrogens with one attached hydrogen (secondary N) is 2. The first-order chi connectivity index (χ1) is 19.4. The number of aromatic nitrogens is 2. The largest absolute Gasteiger partial charge is 0.372 e. The van der Waals surface area contributed by atoms with Crippen LogP contribution in [0, 0.1) is 0 Å². The van der Waals surface area contributed by atoms with Crippen molar-refractivity contribution in [3.05, 3.63) is 72.2 Å². The maximum Gasteiger partial charge on any atom is 0.242 e. The summed E-state index contributed by atoms with van der Waals surface area (Å²) in [6.07, 6.45) is 6.60. The van der Waals surface area contributed by atoms with Crippen molar-refractivity contribution in [1.82, 2.24) is 14.9 Å². The molecule has 1 aliphatic rings. The van der Waals surface area contributed by atoms with Gasteiger partial charge in [-0.15, -0.1) is 0 Å². The smallest absolute Gasteiger partial charge is 0.242 e. The van der Waals surface area contributed by atoms with Gasteiger partial charge >= 0.3 is 0 Å². The lowest BCUT2D eigenvalue weighted by Gasteiger charge is -2.26. The predicted octanol–water partition coefficient (Wildman–Crippen LogP) is 5.74. The SMILES string of the molecule is C=CN=Cc1nc(-c2ccc(N3CCCC3)cc2)c(NC(C)C(=O)NCCN(CCC)c2ccccc2Cl)n1C. The maximum absolute atomic E-state index is 13.1. The van der Waals surface area contributed by atoms with Gasteiger partial charge in [0.05, 0.1) is 16.9 Å². The third-order valence-electron chi connectivity index (χ3n) is 7.15. The highest BCUT2D eigenvalue weighted by atomic mass is 35.5. The van der Waals surface area contributed by atoms with Gasteiger partial charge in [0.2, 0.25) is 5.91 Å². The molecule has 9 heteroatoms. The molecule has 0 aliphatic carbocycles. The number of anilines is 3. The number of aliphatic imine (C=N–C) groups is 1. The Morgan fingerprint density at radius 2 is 1.90 bits per heavy atom. The van der Waals surface area contributed by atoms with Crippen molar-refractivity contribution in [3.8, 4) is 11.3 Å². The van der Waals surface area contributed by atoms with Crippen LogP contribution in [0.5, 0.6) is 0 Å². The minimum absolute atomic E-state index is 0.0894. The fourth-order valence-corrected chi connectivity index (χ4v) is 5.25. The molecule has 1 aromatic heterocycles. The van der Waals surface area contributed by atoms with Gasteiger partial charge in [-0.3, -0.25) is 9.79 Å². The highest BCUT2D eigenvalue weighted by Gasteiger charge is 2.21. The third-order valence-corrected chi connectivity index (χ3v) is 7.47. The minimum atomic E-state index is -0.484. The first-order valence-electron chi connectivity index (χ1n) is 14.0. The zero-order valence-corrected chi connectivity index (χ0v) is 24.5. The van der Waals surface area contributed by atoms with Gasteiger partial charge in [-0.1, -0.05) is 49.4 Å². The quantitative estimate of drug-likeness (QED) is 0.260. The van der Waals surface area contributed by atoms with Crippen LogP contribution in [0.2, 0.25) is 5.02 Å². The number of para-hydroxylation sites is 1. The van der Waals surface area contributed by atoms with E-state index < -0.39 is 6.04 Å². The van der Waals surface area contributed by atoms with Crippen LogP contribution in [0.4, 0.5) is 17.2 Å². The van der Waals surface area contributed by atoms with Crippen LogP contribution >= 0.6 is 11.6 Å². The van der Waals surface area contributed by atoms with Crippen LogP contribution in [0.25, 0.3) is 11.3 Å². The number of amides is 1. The molecule has 2 heterocycles. The highest BCUT2D eigenvalue weighted by molar-refractivity contribution is 6.33. The summed E-state index contributed by atoms with van der Waals surface area (Å²) in [7, 11) is 1.92. The zero-order chi connectivity index (χ0) is 28.5. The minimum Gasteiger partial charge on any atom is -0.372 e. The summed E-state index contributed by atoms with van der Waals surface area (Å²) in [4.78, 5) is 26.7. The van der Waals surface area contributed by atoms with Crippen molar-refractivity contribution in [2.75, 3.05) is 47.8 Å². The van der Waals surface area contributed by atoms with E-state index in [-0.39, 0.29) is 5.91 Å². The Morgan fingerprint density at radius 1 is 1.18 bits per heavy atom. The number of hydrogen-bond acceptors (Lipinski definition) is 6. The molecule has 2 aromatic carbocycles. The number of carbonyl (C=O) groups excluding carboxylic acids is 1. The van der Waals surface area contributed by atoms with Crippen LogP contribution < -0.4 is 20.4 Å². The van der Waals surface area contributed by atoms with Crippen molar-refractivity contribution < 1.29 is 4.79 Å². The average Bonchev–Trinajstić information content (AvgIpc) is 3.61. The average molecular weight is 562 g/mol. The van der Waals surface area contributed by atoms with E-state index >= 15 is 0 Å². The molecule has 1 fully saturated rings. The first-order valence-corrected chi connectivity index (χ1v) is 14.4. The summed E-state index contributed by atoms with van der Waals surface area (Å²) < 4.78 is 1.92. The van der Waals surface area contributed by atoms with E-state index in [4.69, 9.17) is 16.6 Å². The molecule has 0 spiro atoms. The Morgan fingerprint density at radius 3 is 2.58 bits per heavy atom. The van der Waals surface area contributed by atoms with E-state index in [1.54, 1.807) is 6.21 Å². The van der Waals surface area contributed by atoms with Crippen molar-refractivity contribution in [1.29, 1.82) is 0 Å². The number of carbonyl (C=O) groups is 1. The van der Waals surface area contributed by atoms with Crippen molar-refractivity contribution >= 4 is 40.9 Å². The normalized spacial score (nSPS) is 13.9. The number of nitrogens with zero attached hydrogens (tertiary/aromatic N) is 5. The molecule has 0 saturated carbocycles. The maximum atomic E-state index is 13.1. The monoisotopic (exact) mass is 561 g/mol. The molecule has 1 saturated heterocycles. The summed E-state index contributed by atoms with van der Waals surface area (Å²) in [5, 5.41) is 7.20. The Balaban J connectivity index is 1.46. The predicted molar refractivity (Wildman–Crippen MR) is 168 cm³/mol. The summed E-state index contributed by atoms with van der Waals surface area (Å²) in [5.41, 5.74) is 3.95. The Bertz CT molecular complexity index is 1310. The van der Waals surface area contributed by atoms with E-state index in [0.29, 0.717) is 23.9 Å². The van der Waals surface area contributed by atoms with E-state index in [1.165, 1.54) is 24.7 Å².